The molecule has 0 N–H and O–H groups in total. The molecule has 1 amide bonds. The Balaban J connectivity index is 1.74. The zero-order chi connectivity index (χ0) is 18.0. The largest absolute Gasteiger partial charge is 0.337 e. The molecule has 5 nitrogen and oxygen atoms in total. The second-order valence-corrected chi connectivity index (χ2v) is 9.35. The van der Waals surface area contributed by atoms with Crippen LogP contribution in [0.15, 0.2) is 40.6 Å². The van der Waals surface area contributed by atoms with E-state index in [9.17, 15) is 17.6 Å². The van der Waals surface area contributed by atoms with Crippen LogP contribution >= 0.6 is 11.3 Å². The molecule has 0 bridgehead atoms. The summed E-state index contributed by atoms with van der Waals surface area (Å²) < 4.78 is 41.0. The standard InChI is InChI=1S/C17H19FN2O3S2/c1-13-7-8-16(24-13)25(22,23)20-10-4-9-19(11-12-20)17(21)14-5-2-3-6-15(14)18/h2-3,5-8H,4,9-12H2,1H3. The summed E-state index contributed by atoms with van der Waals surface area (Å²) >= 11 is 1.24. The Labute approximate surface area is 150 Å². The highest BCUT2D eigenvalue weighted by atomic mass is 32.2. The van der Waals surface area contributed by atoms with Crippen LogP contribution < -0.4 is 0 Å². The lowest BCUT2D eigenvalue weighted by atomic mass is 10.2. The Morgan fingerprint density at radius 2 is 1.84 bits per heavy atom. The van der Waals surface area contributed by atoms with Crippen molar-refractivity contribution in [2.45, 2.75) is 17.6 Å². The second kappa shape index (κ2) is 7.23. The third-order valence-corrected chi connectivity index (χ3v) is 7.52. The quantitative estimate of drug-likeness (QED) is 0.820. The highest BCUT2D eigenvalue weighted by Gasteiger charge is 2.30. The third kappa shape index (κ3) is 3.75. The van der Waals surface area contributed by atoms with Gasteiger partial charge in [0.2, 0.25) is 0 Å². The van der Waals surface area contributed by atoms with E-state index in [1.807, 2.05) is 6.92 Å². The normalized spacial score (nSPS) is 16.6. The molecule has 25 heavy (non-hydrogen) atoms. The molecule has 1 aromatic carbocycles. The number of sulfonamides is 1. The summed E-state index contributed by atoms with van der Waals surface area (Å²) in [5, 5.41) is 0. The van der Waals surface area contributed by atoms with Crippen LogP contribution in [-0.4, -0.2) is 49.7 Å². The van der Waals surface area contributed by atoms with Crippen molar-refractivity contribution >= 4 is 27.3 Å². The first kappa shape index (κ1) is 18.0. The number of thiophene rings is 1. The maximum absolute atomic E-state index is 13.8. The molecule has 0 radical (unpaired) electrons. The number of hydrogen-bond acceptors (Lipinski definition) is 4. The van der Waals surface area contributed by atoms with Gasteiger partial charge in [-0.1, -0.05) is 12.1 Å². The van der Waals surface area contributed by atoms with Crippen LogP contribution in [0.2, 0.25) is 0 Å². The number of aryl methyl sites for hydroxylation is 1. The Morgan fingerprint density at radius 3 is 2.52 bits per heavy atom. The molecule has 1 saturated heterocycles. The summed E-state index contributed by atoms with van der Waals surface area (Å²) in [5.74, 6) is -0.959. The lowest BCUT2D eigenvalue weighted by Gasteiger charge is -2.21. The van der Waals surface area contributed by atoms with Crippen LogP contribution in [-0.2, 0) is 10.0 Å². The van der Waals surface area contributed by atoms with Gasteiger partial charge in [-0.15, -0.1) is 11.3 Å². The van der Waals surface area contributed by atoms with Gasteiger partial charge in [-0.2, -0.15) is 4.31 Å². The first-order chi connectivity index (χ1) is 11.9. The number of hydrogen-bond donors (Lipinski definition) is 0. The highest BCUT2D eigenvalue weighted by molar-refractivity contribution is 7.91. The van der Waals surface area contributed by atoms with Crippen molar-refractivity contribution in [3.8, 4) is 0 Å². The monoisotopic (exact) mass is 382 g/mol. The predicted octanol–water partition coefficient (Wildman–Crippen LogP) is 2.73. The van der Waals surface area contributed by atoms with Gasteiger partial charge in [-0.05, 0) is 37.6 Å². The summed E-state index contributed by atoms with van der Waals surface area (Å²) in [6.45, 7) is 3.07. The minimum Gasteiger partial charge on any atom is -0.337 e. The van der Waals surface area contributed by atoms with Gasteiger partial charge in [-0.3, -0.25) is 4.79 Å². The Kier molecular flexibility index (Phi) is 5.21. The van der Waals surface area contributed by atoms with Gasteiger partial charge >= 0.3 is 0 Å². The molecule has 3 rings (SSSR count). The van der Waals surface area contributed by atoms with Crippen LogP contribution in [0, 0.1) is 12.7 Å². The number of carbonyl (C=O) groups is 1. The number of halogens is 1. The number of rotatable bonds is 3. The molecule has 1 aromatic heterocycles. The number of benzene rings is 1. The van der Waals surface area contributed by atoms with Crippen LogP contribution in [0.25, 0.3) is 0 Å². The summed E-state index contributed by atoms with van der Waals surface area (Å²) in [6.07, 6.45) is 0.518. The van der Waals surface area contributed by atoms with E-state index in [4.69, 9.17) is 0 Å². The van der Waals surface area contributed by atoms with Crippen LogP contribution in [0.5, 0.6) is 0 Å². The predicted molar refractivity (Wildman–Crippen MR) is 94.7 cm³/mol. The van der Waals surface area contributed by atoms with E-state index in [1.54, 1.807) is 18.2 Å². The molecule has 1 aliphatic heterocycles. The first-order valence-electron chi connectivity index (χ1n) is 8.00. The highest BCUT2D eigenvalue weighted by Crippen LogP contribution is 2.25. The van der Waals surface area contributed by atoms with Gasteiger partial charge in [-0.25, -0.2) is 12.8 Å². The lowest BCUT2D eigenvalue weighted by Crippen LogP contribution is -2.37. The van der Waals surface area contributed by atoms with Gasteiger partial charge in [0.1, 0.15) is 10.0 Å². The minimum atomic E-state index is -3.55. The van der Waals surface area contributed by atoms with Crippen molar-refractivity contribution in [2.75, 3.05) is 26.2 Å². The molecule has 0 atom stereocenters. The molecule has 0 unspecified atom stereocenters. The fourth-order valence-corrected chi connectivity index (χ4v) is 5.73. The molecule has 134 valence electrons. The SMILES string of the molecule is Cc1ccc(S(=O)(=O)N2CCCN(C(=O)c3ccccc3F)CC2)s1. The van der Waals surface area contributed by atoms with Gasteiger partial charge in [0.15, 0.2) is 0 Å². The maximum Gasteiger partial charge on any atom is 0.256 e. The zero-order valence-corrected chi connectivity index (χ0v) is 15.4. The summed E-state index contributed by atoms with van der Waals surface area (Å²) in [6, 6.07) is 9.24. The average Bonchev–Trinajstić information content (AvgIpc) is 2.88. The van der Waals surface area contributed by atoms with Crippen molar-refractivity contribution < 1.29 is 17.6 Å². The molecule has 0 saturated carbocycles. The van der Waals surface area contributed by atoms with E-state index in [1.165, 1.54) is 38.7 Å². The van der Waals surface area contributed by atoms with E-state index in [0.717, 1.165) is 4.88 Å². The van der Waals surface area contributed by atoms with Crippen LogP contribution in [0.4, 0.5) is 4.39 Å². The molecule has 2 heterocycles. The lowest BCUT2D eigenvalue weighted by molar-refractivity contribution is 0.0759. The molecule has 0 spiro atoms. The van der Waals surface area contributed by atoms with E-state index < -0.39 is 21.7 Å². The Bertz CT molecular complexity index is 880. The summed E-state index contributed by atoms with van der Waals surface area (Å²) in [4.78, 5) is 15.0. The fourth-order valence-electron chi connectivity index (χ4n) is 2.82. The van der Waals surface area contributed by atoms with Crippen LogP contribution in [0.1, 0.15) is 21.7 Å². The van der Waals surface area contributed by atoms with Crippen molar-refractivity contribution in [1.29, 1.82) is 0 Å². The van der Waals surface area contributed by atoms with Crippen molar-refractivity contribution in [2.24, 2.45) is 0 Å². The van der Waals surface area contributed by atoms with Gasteiger partial charge in [0.05, 0.1) is 5.56 Å². The third-order valence-electron chi connectivity index (χ3n) is 4.16. The fraction of sp³-hybridized carbons (Fsp3) is 0.353. The number of carbonyl (C=O) groups excluding carboxylic acids is 1. The molecular weight excluding hydrogens is 363 g/mol. The first-order valence-corrected chi connectivity index (χ1v) is 10.3. The Hall–Kier alpha value is -1.77. The maximum atomic E-state index is 13.8. The zero-order valence-electron chi connectivity index (χ0n) is 13.8. The Morgan fingerprint density at radius 1 is 1.08 bits per heavy atom. The van der Waals surface area contributed by atoms with Crippen LogP contribution in [0.3, 0.4) is 0 Å². The molecule has 0 aliphatic carbocycles. The summed E-state index contributed by atoms with van der Waals surface area (Å²) in [7, 11) is -3.55. The molecular formula is C17H19FN2O3S2. The van der Waals surface area contributed by atoms with Gasteiger partial charge < -0.3 is 4.90 Å². The number of nitrogens with zero attached hydrogens (tertiary/aromatic N) is 2. The van der Waals surface area contributed by atoms with Crippen molar-refractivity contribution in [1.82, 2.24) is 9.21 Å². The van der Waals surface area contributed by atoms with E-state index in [-0.39, 0.29) is 18.7 Å². The molecule has 1 aliphatic rings. The summed E-state index contributed by atoms with van der Waals surface area (Å²) in [5.41, 5.74) is 0.0210. The van der Waals surface area contributed by atoms with Crippen molar-refractivity contribution in [3.63, 3.8) is 0 Å². The number of amides is 1. The van der Waals surface area contributed by atoms with E-state index in [0.29, 0.717) is 23.7 Å². The molecule has 8 heteroatoms. The van der Waals surface area contributed by atoms with Crippen molar-refractivity contribution in [3.05, 3.63) is 52.7 Å². The smallest absolute Gasteiger partial charge is 0.256 e. The minimum absolute atomic E-state index is 0.0210. The van der Waals surface area contributed by atoms with Gasteiger partial charge in [0, 0.05) is 31.1 Å². The van der Waals surface area contributed by atoms with E-state index in [2.05, 4.69) is 0 Å². The van der Waals surface area contributed by atoms with E-state index >= 15 is 0 Å². The molecule has 2 aromatic rings. The van der Waals surface area contributed by atoms with Gasteiger partial charge in [0.25, 0.3) is 15.9 Å². The average molecular weight is 382 g/mol. The molecule has 1 fully saturated rings. The topological polar surface area (TPSA) is 57.7 Å². The second-order valence-electron chi connectivity index (χ2n) is 5.89.